The molecule has 144 valence electrons. The smallest absolute Gasteiger partial charge is 0.127 e. The summed E-state index contributed by atoms with van der Waals surface area (Å²) in [4.78, 5) is 2.42. The molecule has 7 nitrogen and oxygen atoms in total. The summed E-state index contributed by atoms with van der Waals surface area (Å²) in [5.41, 5.74) is 9.26. The van der Waals surface area contributed by atoms with Gasteiger partial charge in [-0.3, -0.25) is 9.58 Å². The van der Waals surface area contributed by atoms with Crippen molar-refractivity contribution in [1.29, 1.82) is 0 Å². The van der Waals surface area contributed by atoms with E-state index >= 15 is 0 Å². The van der Waals surface area contributed by atoms with E-state index in [1.807, 2.05) is 23.0 Å². The summed E-state index contributed by atoms with van der Waals surface area (Å²) in [6, 6.07) is 8.21. The molecule has 4 rings (SSSR count). The van der Waals surface area contributed by atoms with Crippen LogP contribution in [0.1, 0.15) is 26.5 Å². The summed E-state index contributed by atoms with van der Waals surface area (Å²) in [5, 5.41) is 10.4. The number of rotatable bonds is 4. The normalized spacial score (nSPS) is 16.3. The van der Waals surface area contributed by atoms with Crippen molar-refractivity contribution in [2.24, 2.45) is 0 Å². The lowest BCUT2D eigenvalue weighted by molar-refractivity contribution is 0.0361. The number of fused-ring (bicyclic) bond motifs is 1. The average molecular weight is 368 g/mol. The van der Waals surface area contributed by atoms with Crippen LogP contribution in [0.2, 0.25) is 0 Å². The number of ether oxygens (including phenoxy) is 1. The van der Waals surface area contributed by atoms with E-state index in [0.717, 1.165) is 61.7 Å². The fraction of sp³-hybridized carbons (Fsp3) is 0.500. The van der Waals surface area contributed by atoms with Crippen LogP contribution in [-0.2, 0) is 16.7 Å². The van der Waals surface area contributed by atoms with Crippen molar-refractivity contribution in [2.75, 3.05) is 38.6 Å². The highest BCUT2D eigenvalue weighted by atomic mass is 16.5. The lowest BCUT2D eigenvalue weighted by atomic mass is 9.92. The first kappa shape index (κ1) is 18.0. The van der Waals surface area contributed by atoms with Gasteiger partial charge in [-0.25, -0.2) is 4.68 Å². The van der Waals surface area contributed by atoms with Gasteiger partial charge in [0.25, 0.3) is 0 Å². The van der Waals surface area contributed by atoms with Crippen LogP contribution in [0, 0.1) is 0 Å². The lowest BCUT2D eigenvalue weighted by Crippen LogP contribution is -2.38. The number of anilines is 1. The number of aromatic nitrogens is 4. The van der Waals surface area contributed by atoms with E-state index in [0.29, 0.717) is 5.82 Å². The number of benzene rings is 1. The molecule has 0 radical (unpaired) electrons. The highest BCUT2D eigenvalue weighted by Gasteiger charge is 2.20. The van der Waals surface area contributed by atoms with Crippen LogP contribution in [-0.4, -0.2) is 57.3 Å². The molecular weight excluding hydrogens is 340 g/mol. The maximum Gasteiger partial charge on any atom is 0.127 e. The van der Waals surface area contributed by atoms with Crippen molar-refractivity contribution < 1.29 is 4.74 Å². The van der Waals surface area contributed by atoms with Crippen molar-refractivity contribution in [3.8, 4) is 5.69 Å². The molecule has 0 saturated carbocycles. The van der Waals surface area contributed by atoms with E-state index in [1.165, 1.54) is 0 Å². The number of hydrogen-bond acceptors (Lipinski definition) is 5. The Morgan fingerprint density at radius 2 is 1.89 bits per heavy atom. The molecule has 0 amide bonds. The van der Waals surface area contributed by atoms with Crippen LogP contribution >= 0.6 is 0 Å². The fourth-order valence-corrected chi connectivity index (χ4v) is 3.40. The van der Waals surface area contributed by atoms with Crippen molar-refractivity contribution in [3.63, 3.8) is 0 Å². The van der Waals surface area contributed by atoms with E-state index in [4.69, 9.17) is 15.6 Å². The van der Waals surface area contributed by atoms with Crippen LogP contribution in [0.4, 0.5) is 5.82 Å². The van der Waals surface area contributed by atoms with Gasteiger partial charge in [0.05, 0.1) is 42.9 Å². The Morgan fingerprint density at radius 1 is 1.11 bits per heavy atom. The minimum atomic E-state index is -0.0383. The second-order valence-corrected chi connectivity index (χ2v) is 8.18. The second-order valence-electron chi connectivity index (χ2n) is 8.18. The van der Waals surface area contributed by atoms with Gasteiger partial charge in [-0.15, -0.1) is 0 Å². The SMILES string of the molecule is CC(C)(C)c1cc(N)n(-c2ccc3cnn(CCN4CCOCC4)c3c2)n1. The Hall–Kier alpha value is -2.38. The van der Waals surface area contributed by atoms with Gasteiger partial charge in [-0.05, 0) is 18.2 Å². The molecule has 1 fully saturated rings. The molecule has 3 heterocycles. The molecule has 3 aromatic rings. The quantitative estimate of drug-likeness (QED) is 0.766. The summed E-state index contributed by atoms with van der Waals surface area (Å²) in [6.45, 7) is 11.9. The molecule has 1 saturated heterocycles. The van der Waals surface area contributed by atoms with Crippen molar-refractivity contribution in [3.05, 3.63) is 36.2 Å². The first-order valence-corrected chi connectivity index (χ1v) is 9.54. The van der Waals surface area contributed by atoms with Crippen LogP contribution in [0.3, 0.4) is 0 Å². The number of nitrogens with zero attached hydrogens (tertiary/aromatic N) is 5. The first-order valence-electron chi connectivity index (χ1n) is 9.54. The van der Waals surface area contributed by atoms with Crippen LogP contribution in [0.15, 0.2) is 30.5 Å². The zero-order chi connectivity index (χ0) is 19.0. The van der Waals surface area contributed by atoms with E-state index in [9.17, 15) is 0 Å². The predicted octanol–water partition coefficient (Wildman–Crippen LogP) is 2.43. The lowest BCUT2D eigenvalue weighted by Gasteiger charge is -2.26. The molecular formula is C20H28N6O. The van der Waals surface area contributed by atoms with Crippen molar-refractivity contribution in [2.45, 2.75) is 32.7 Å². The molecule has 0 atom stereocenters. The van der Waals surface area contributed by atoms with E-state index < -0.39 is 0 Å². The molecule has 0 spiro atoms. The maximum absolute atomic E-state index is 6.24. The monoisotopic (exact) mass is 368 g/mol. The van der Waals surface area contributed by atoms with E-state index in [1.54, 1.807) is 0 Å². The van der Waals surface area contributed by atoms with Gasteiger partial charge < -0.3 is 10.5 Å². The molecule has 0 aliphatic carbocycles. The highest BCUT2D eigenvalue weighted by Crippen LogP contribution is 2.26. The van der Waals surface area contributed by atoms with Crippen LogP contribution < -0.4 is 5.73 Å². The number of nitrogens with two attached hydrogens (primary N) is 1. The summed E-state index contributed by atoms with van der Waals surface area (Å²) in [5.74, 6) is 0.652. The minimum absolute atomic E-state index is 0.0383. The third-order valence-electron chi connectivity index (χ3n) is 5.11. The van der Waals surface area contributed by atoms with Gasteiger partial charge in [-0.2, -0.15) is 10.2 Å². The third-order valence-corrected chi connectivity index (χ3v) is 5.11. The zero-order valence-corrected chi connectivity index (χ0v) is 16.4. The Bertz CT molecular complexity index is 930. The van der Waals surface area contributed by atoms with E-state index in [-0.39, 0.29) is 5.41 Å². The third kappa shape index (κ3) is 3.70. The first-order chi connectivity index (χ1) is 12.9. The zero-order valence-electron chi connectivity index (χ0n) is 16.4. The van der Waals surface area contributed by atoms with Gasteiger partial charge in [0.1, 0.15) is 5.82 Å². The second kappa shape index (κ2) is 6.98. The van der Waals surface area contributed by atoms with Crippen molar-refractivity contribution >= 4 is 16.7 Å². The van der Waals surface area contributed by atoms with Crippen LogP contribution in [0.25, 0.3) is 16.6 Å². The molecule has 0 bridgehead atoms. The summed E-state index contributed by atoms with van der Waals surface area (Å²) in [7, 11) is 0. The summed E-state index contributed by atoms with van der Waals surface area (Å²) < 4.78 is 9.31. The molecule has 1 aliphatic rings. The number of hydrogen-bond donors (Lipinski definition) is 1. The molecule has 7 heteroatoms. The topological polar surface area (TPSA) is 74.1 Å². The Morgan fingerprint density at radius 3 is 2.59 bits per heavy atom. The molecule has 1 aromatic carbocycles. The average Bonchev–Trinajstić information content (AvgIpc) is 3.23. The minimum Gasteiger partial charge on any atom is -0.384 e. The Labute approximate surface area is 159 Å². The van der Waals surface area contributed by atoms with Gasteiger partial charge in [-0.1, -0.05) is 20.8 Å². The molecule has 2 N–H and O–H groups in total. The highest BCUT2D eigenvalue weighted by molar-refractivity contribution is 5.81. The standard InChI is InChI=1S/C20H28N6O/c1-20(2,3)18-13-19(21)26(23-18)16-5-4-15-14-22-25(17(15)12-16)7-6-24-8-10-27-11-9-24/h4-5,12-14H,6-11,21H2,1-3H3. The largest absolute Gasteiger partial charge is 0.384 e. The maximum atomic E-state index is 6.24. The Balaban J connectivity index is 1.61. The predicted molar refractivity (Wildman–Crippen MR) is 107 cm³/mol. The van der Waals surface area contributed by atoms with Gasteiger partial charge in [0.2, 0.25) is 0 Å². The fourth-order valence-electron chi connectivity index (χ4n) is 3.40. The molecule has 2 aromatic heterocycles. The number of nitrogen functional groups attached to an aromatic ring is 1. The van der Waals surface area contributed by atoms with E-state index in [2.05, 4.69) is 47.6 Å². The summed E-state index contributed by atoms with van der Waals surface area (Å²) in [6.07, 6.45) is 1.92. The molecule has 27 heavy (non-hydrogen) atoms. The van der Waals surface area contributed by atoms with Gasteiger partial charge in [0.15, 0.2) is 0 Å². The summed E-state index contributed by atoms with van der Waals surface area (Å²) >= 11 is 0. The Kier molecular flexibility index (Phi) is 4.65. The van der Waals surface area contributed by atoms with Gasteiger partial charge in [0, 0.05) is 36.5 Å². The molecule has 1 aliphatic heterocycles. The molecule has 0 unspecified atom stereocenters. The van der Waals surface area contributed by atoms with Crippen molar-refractivity contribution in [1.82, 2.24) is 24.5 Å². The van der Waals surface area contributed by atoms with Gasteiger partial charge >= 0.3 is 0 Å². The number of morpholine rings is 1. The van der Waals surface area contributed by atoms with Crippen LogP contribution in [0.5, 0.6) is 0 Å².